The van der Waals surface area contributed by atoms with Crippen molar-refractivity contribution in [3.05, 3.63) is 11.8 Å². The van der Waals surface area contributed by atoms with E-state index in [0.717, 1.165) is 0 Å². The molecule has 1 aromatic heterocycles. The highest BCUT2D eigenvalue weighted by molar-refractivity contribution is 4.79. The highest BCUT2D eigenvalue weighted by Crippen LogP contribution is 2.10. The van der Waals surface area contributed by atoms with E-state index in [1.54, 1.807) is 0 Å². The molecule has 0 aliphatic carbocycles. The van der Waals surface area contributed by atoms with E-state index >= 15 is 0 Å². The van der Waals surface area contributed by atoms with Crippen molar-refractivity contribution in [3.8, 4) is 0 Å². The minimum atomic E-state index is -0.197. The maximum Gasteiger partial charge on any atom is 0.242 e. The Bertz CT molecular complexity index is 265. The van der Waals surface area contributed by atoms with E-state index in [0.29, 0.717) is 18.4 Å². The van der Waals surface area contributed by atoms with Gasteiger partial charge in [-0.2, -0.15) is 0 Å². The van der Waals surface area contributed by atoms with Crippen molar-refractivity contribution in [2.24, 2.45) is 5.73 Å². The lowest BCUT2D eigenvalue weighted by Gasteiger charge is -2.17. The molecular weight excluding hydrogens is 170 g/mol. The van der Waals surface area contributed by atoms with E-state index in [-0.39, 0.29) is 12.1 Å². The summed E-state index contributed by atoms with van der Waals surface area (Å²) in [5.74, 6) is 0.905. The maximum absolute atomic E-state index is 5.44. The van der Waals surface area contributed by atoms with Gasteiger partial charge in [0.25, 0.3) is 0 Å². The summed E-state index contributed by atoms with van der Waals surface area (Å²) in [6.07, 6.45) is 0. The van der Waals surface area contributed by atoms with Crippen molar-refractivity contribution in [2.75, 3.05) is 0 Å². The average molecular weight is 185 g/mol. The topological polar surface area (TPSA) is 74.2 Å². The Labute approximate surface area is 77.3 Å². The Kier molecular flexibility index (Phi) is 3.00. The van der Waals surface area contributed by atoms with Gasteiger partial charge in [0.15, 0.2) is 0 Å². The Morgan fingerprint density at radius 1 is 1.31 bits per heavy atom. The van der Waals surface area contributed by atoms with Gasteiger partial charge in [-0.1, -0.05) is 0 Å². The van der Waals surface area contributed by atoms with E-state index in [1.807, 2.05) is 20.8 Å². The molecule has 1 heterocycles. The summed E-state index contributed by atoms with van der Waals surface area (Å²) in [4.78, 5) is 0. The number of rotatable bonds is 3. The standard InChI is InChI=1S/C8H15N3O2/c1-8(2,3)12-5-7-11-10-6(4-9)13-7/h4-5,9H2,1-3H3. The predicted octanol–water partition coefficient (Wildman–Crippen LogP) is 0.843. The minimum absolute atomic E-state index is 0.197. The third-order valence-corrected chi connectivity index (χ3v) is 1.31. The smallest absolute Gasteiger partial charge is 0.242 e. The Morgan fingerprint density at radius 2 is 1.92 bits per heavy atom. The molecule has 0 aliphatic heterocycles. The number of hydrogen-bond donors (Lipinski definition) is 1. The van der Waals surface area contributed by atoms with Gasteiger partial charge < -0.3 is 14.9 Å². The summed E-state index contributed by atoms with van der Waals surface area (Å²) in [5, 5.41) is 7.48. The summed E-state index contributed by atoms with van der Waals surface area (Å²) in [7, 11) is 0. The van der Waals surface area contributed by atoms with Crippen LogP contribution in [0.15, 0.2) is 4.42 Å². The van der Waals surface area contributed by atoms with Gasteiger partial charge in [-0.05, 0) is 20.8 Å². The largest absolute Gasteiger partial charge is 0.421 e. The molecule has 0 amide bonds. The number of ether oxygens (including phenoxy) is 1. The van der Waals surface area contributed by atoms with Crippen LogP contribution in [0.5, 0.6) is 0 Å². The molecule has 0 unspecified atom stereocenters. The highest BCUT2D eigenvalue weighted by atomic mass is 16.5. The van der Waals surface area contributed by atoms with Crippen LogP contribution >= 0.6 is 0 Å². The summed E-state index contributed by atoms with van der Waals surface area (Å²) in [5.41, 5.74) is 5.11. The molecule has 0 atom stereocenters. The van der Waals surface area contributed by atoms with Crippen LogP contribution in [-0.2, 0) is 17.9 Å². The molecular formula is C8H15N3O2. The minimum Gasteiger partial charge on any atom is -0.421 e. The van der Waals surface area contributed by atoms with Gasteiger partial charge in [0.1, 0.15) is 6.61 Å². The van der Waals surface area contributed by atoms with E-state index in [9.17, 15) is 0 Å². The molecule has 0 aliphatic rings. The lowest BCUT2D eigenvalue weighted by atomic mass is 10.2. The van der Waals surface area contributed by atoms with Gasteiger partial charge in [0.2, 0.25) is 11.8 Å². The molecule has 5 nitrogen and oxygen atoms in total. The molecule has 5 heteroatoms. The van der Waals surface area contributed by atoms with Crippen molar-refractivity contribution < 1.29 is 9.15 Å². The number of hydrogen-bond acceptors (Lipinski definition) is 5. The first-order valence-corrected chi connectivity index (χ1v) is 4.16. The molecule has 13 heavy (non-hydrogen) atoms. The molecule has 0 aromatic carbocycles. The molecule has 2 N–H and O–H groups in total. The van der Waals surface area contributed by atoms with Crippen molar-refractivity contribution in [1.29, 1.82) is 0 Å². The van der Waals surface area contributed by atoms with Crippen molar-refractivity contribution >= 4 is 0 Å². The van der Waals surface area contributed by atoms with E-state index < -0.39 is 0 Å². The second kappa shape index (κ2) is 3.85. The molecule has 0 bridgehead atoms. The maximum atomic E-state index is 5.44. The van der Waals surface area contributed by atoms with Crippen LogP contribution < -0.4 is 5.73 Å². The fraction of sp³-hybridized carbons (Fsp3) is 0.750. The van der Waals surface area contributed by atoms with E-state index in [1.165, 1.54) is 0 Å². The zero-order valence-electron chi connectivity index (χ0n) is 8.20. The fourth-order valence-electron chi connectivity index (χ4n) is 0.707. The summed E-state index contributed by atoms with van der Waals surface area (Å²) >= 11 is 0. The summed E-state index contributed by atoms with van der Waals surface area (Å²) < 4.78 is 10.6. The molecule has 0 spiro atoms. The zero-order valence-corrected chi connectivity index (χ0v) is 8.20. The van der Waals surface area contributed by atoms with Crippen molar-refractivity contribution in [2.45, 2.75) is 39.5 Å². The van der Waals surface area contributed by atoms with E-state index in [4.69, 9.17) is 14.9 Å². The second-order valence-electron chi connectivity index (χ2n) is 3.69. The van der Waals surface area contributed by atoms with Crippen LogP contribution in [0.25, 0.3) is 0 Å². The second-order valence-corrected chi connectivity index (χ2v) is 3.69. The first-order valence-electron chi connectivity index (χ1n) is 4.16. The molecule has 0 saturated carbocycles. The van der Waals surface area contributed by atoms with Crippen LogP contribution in [0.3, 0.4) is 0 Å². The van der Waals surface area contributed by atoms with Gasteiger partial charge in [-0.3, -0.25) is 0 Å². The SMILES string of the molecule is CC(C)(C)OCc1nnc(CN)o1. The van der Waals surface area contributed by atoms with Gasteiger partial charge in [0.05, 0.1) is 12.1 Å². The highest BCUT2D eigenvalue weighted by Gasteiger charge is 2.12. The van der Waals surface area contributed by atoms with Crippen LogP contribution in [0, 0.1) is 0 Å². The molecule has 0 saturated heterocycles. The van der Waals surface area contributed by atoms with Crippen molar-refractivity contribution in [1.82, 2.24) is 10.2 Å². The number of aromatic nitrogens is 2. The van der Waals surface area contributed by atoms with Crippen LogP contribution in [0.2, 0.25) is 0 Å². The van der Waals surface area contributed by atoms with E-state index in [2.05, 4.69) is 10.2 Å². The molecule has 74 valence electrons. The molecule has 1 rings (SSSR count). The lowest BCUT2D eigenvalue weighted by Crippen LogP contribution is -2.18. The van der Waals surface area contributed by atoms with Crippen LogP contribution in [0.1, 0.15) is 32.6 Å². The molecule has 0 radical (unpaired) electrons. The van der Waals surface area contributed by atoms with Crippen LogP contribution in [0.4, 0.5) is 0 Å². The lowest BCUT2D eigenvalue weighted by molar-refractivity contribution is -0.0247. The quantitative estimate of drug-likeness (QED) is 0.755. The Hall–Kier alpha value is -0.940. The third-order valence-electron chi connectivity index (χ3n) is 1.31. The van der Waals surface area contributed by atoms with Gasteiger partial charge in [0, 0.05) is 0 Å². The van der Waals surface area contributed by atoms with Gasteiger partial charge >= 0.3 is 0 Å². The Balaban J connectivity index is 2.46. The first-order chi connectivity index (χ1) is 6.01. The fourth-order valence-corrected chi connectivity index (χ4v) is 0.707. The Morgan fingerprint density at radius 3 is 2.38 bits per heavy atom. The molecule has 1 aromatic rings. The third kappa shape index (κ3) is 3.52. The summed E-state index contributed by atoms with van der Waals surface area (Å²) in [6.45, 7) is 6.49. The van der Waals surface area contributed by atoms with Gasteiger partial charge in [-0.15, -0.1) is 10.2 Å². The number of nitrogens with zero attached hydrogens (tertiary/aromatic N) is 2. The first kappa shape index (κ1) is 10.1. The monoisotopic (exact) mass is 185 g/mol. The molecule has 0 fully saturated rings. The van der Waals surface area contributed by atoms with Crippen LogP contribution in [-0.4, -0.2) is 15.8 Å². The predicted molar refractivity (Wildman–Crippen MR) is 46.7 cm³/mol. The van der Waals surface area contributed by atoms with Crippen molar-refractivity contribution in [3.63, 3.8) is 0 Å². The average Bonchev–Trinajstić information content (AvgIpc) is 2.47. The van der Waals surface area contributed by atoms with Gasteiger partial charge in [-0.25, -0.2) is 0 Å². The summed E-state index contributed by atoms with van der Waals surface area (Å²) in [6, 6.07) is 0. The normalized spacial score (nSPS) is 12.0. The zero-order chi connectivity index (χ0) is 9.90. The number of nitrogens with two attached hydrogens (primary N) is 1.